The van der Waals surface area contributed by atoms with E-state index in [0.717, 1.165) is 17.3 Å². The van der Waals surface area contributed by atoms with E-state index in [0.29, 0.717) is 33.9 Å². The Morgan fingerprint density at radius 3 is 2.51 bits per heavy atom. The molecule has 0 spiro atoms. The minimum Gasteiger partial charge on any atom is -0.477 e. The smallest absolute Gasteiger partial charge is 0.342 e. The van der Waals surface area contributed by atoms with Gasteiger partial charge in [0.2, 0.25) is 0 Å². The van der Waals surface area contributed by atoms with Crippen LogP contribution in [0, 0.1) is 10.1 Å². The maximum atomic E-state index is 12.0. The van der Waals surface area contributed by atoms with Gasteiger partial charge in [0.25, 0.3) is 5.69 Å². The number of hydrogen-bond donors (Lipinski definition) is 1. The highest BCUT2D eigenvalue weighted by Crippen LogP contribution is 2.34. The number of nitro groups is 1. The molecule has 0 bridgehead atoms. The molecule has 0 unspecified atom stereocenters. The molecule has 0 saturated heterocycles. The average Bonchev–Trinajstić information content (AvgIpc) is 3.46. The Kier molecular flexibility index (Phi) is 7.25. The molecule has 178 valence electrons. The zero-order valence-corrected chi connectivity index (χ0v) is 20.3. The standard InChI is InChI=1S/C23H16Cl2N4O5S/c1-2-28-21(13-3-6-15(24)7-4-13)26-27-23(28)35-20(22(30)31)12-16-8-10-19(34-16)14-5-9-17(25)18(11-14)29(32)33/h3-12H,2H2,1H3,(H,30,31)/b20-12-. The van der Waals surface area contributed by atoms with Gasteiger partial charge in [0.1, 0.15) is 21.4 Å². The molecule has 2 aromatic carbocycles. The number of nitro benzene ring substituents is 1. The predicted octanol–water partition coefficient (Wildman–Crippen LogP) is 6.66. The van der Waals surface area contributed by atoms with Gasteiger partial charge in [0.15, 0.2) is 11.0 Å². The Labute approximate surface area is 213 Å². The lowest BCUT2D eigenvalue weighted by atomic mass is 10.1. The number of furan rings is 1. The van der Waals surface area contributed by atoms with Gasteiger partial charge in [0.05, 0.1) is 4.92 Å². The molecule has 0 aliphatic rings. The monoisotopic (exact) mass is 530 g/mol. The van der Waals surface area contributed by atoms with Crippen molar-refractivity contribution in [2.75, 3.05) is 0 Å². The summed E-state index contributed by atoms with van der Waals surface area (Å²) >= 11 is 12.8. The lowest BCUT2D eigenvalue weighted by Gasteiger charge is -2.07. The Morgan fingerprint density at radius 1 is 1.14 bits per heavy atom. The Morgan fingerprint density at radius 2 is 1.86 bits per heavy atom. The highest BCUT2D eigenvalue weighted by molar-refractivity contribution is 8.04. The Balaban J connectivity index is 1.63. The molecule has 1 N–H and O–H groups in total. The summed E-state index contributed by atoms with van der Waals surface area (Å²) < 4.78 is 7.53. The molecule has 4 rings (SSSR count). The van der Waals surface area contributed by atoms with Gasteiger partial charge in [-0.3, -0.25) is 10.1 Å². The first kappa shape index (κ1) is 24.5. The van der Waals surface area contributed by atoms with Gasteiger partial charge in [-0.15, -0.1) is 10.2 Å². The largest absolute Gasteiger partial charge is 0.477 e. The maximum absolute atomic E-state index is 12.0. The summed E-state index contributed by atoms with van der Waals surface area (Å²) in [5, 5.41) is 30.3. The normalized spacial score (nSPS) is 11.6. The van der Waals surface area contributed by atoms with Crippen molar-refractivity contribution in [3.63, 3.8) is 0 Å². The molecule has 35 heavy (non-hydrogen) atoms. The van der Waals surface area contributed by atoms with Gasteiger partial charge in [0, 0.05) is 34.8 Å². The number of carbonyl (C=O) groups is 1. The van der Waals surface area contributed by atoms with Crippen molar-refractivity contribution in [2.45, 2.75) is 18.6 Å². The fourth-order valence-corrected chi connectivity index (χ4v) is 4.39. The van der Waals surface area contributed by atoms with E-state index in [2.05, 4.69) is 10.2 Å². The van der Waals surface area contributed by atoms with E-state index in [1.165, 1.54) is 18.2 Å². The van der Waals surface area contributed by atoms with Crippen LogP contribution < -0.4 is 0 Å². The maximum Gasteiger partial charge on any atom is 0.342 e. The molecule has 0 atom stereocenters. The van der Waals surface area contributed by atoms with Crippen molar-refractivity contribution < 1.29 is 19.2 Å². The first-order valence-corrected chi connectivity index (χ1v) is 11.7. The molecule has 0 amide bonds. The molecule has 2 heterocycles. The number of carboxylic acid groups (broad SMARTS) is 1. The summed E-state index contributed by atoms with van der Waals surface area (Å²) in [5.74, 6) is -0.00898. The molecular weight excluding hydrogens is 515 g/mol. The Hall–Kier alpha value is -3.60. The van der Waals surface area contributed by atoms with Crippen LogP contribution in [0.15, 0.2) is 69.1 Å². The third-order valence-corrected chi connectivity index (χ3v) is 6.44. The van der Waals surface area contributed by atoms with Crippen molar-refractivity contribution in [2.24, 2.45) is 0 Å². The number of aromatic nitrogens is 3. The number of carboxylic acids is 1. The third kappa shape index (κ3) is 5.40. The van der Waals surface area contributed by atoms with Crippen LogP contribution in [-0.4, -0.2) is 30.8 Å². The van der Waals surface area contributed by atoms with Gasteiger partial charge in [-0.1, -0.05) is 23.2 Å². The Bertz CT molecular complexity index is 1450. The SMILES string of the molecule is CCn1c(S/C(=C\c2ccc(-c3ccc(Cl)c([N+](=O)[O-])c3)o2)C(=O)O)nnc1-c1ccc(Cl)cc1. The van der Waals surface area contributed by atoms with E-state index in [1.807, 2.05) is 19.1 Å². The number of hydrogen-bond acceptors (Lipinski definition) is 7. The molecule has 0 aliphatic carbocycles. The summed E-state index contributed by atoms with van der Waals surface area (Å²) in [6.45, 7) is 2.42. The van der Waals surface area contributed by atoms with Gasteiger partial charge in [-0.25, -0.2) is 4.79 Å². The van der Waals surface area contributed by atoms with Crippen LogP contribution in [0.5, 0.6) is 0 Å². The number of nitrogens with zero attached hydrogens (tertiary/aromatic N) is 4. The molecule has 2 aromatic heterocycles. The van der Waals surface area contributed by atoms with Crippen molar-refractivity contribution in [3.05, 3.63) is 85.4 Å². The molecule has 0 saturated carbocycles. The lowest BCUT2D eigenvalue weighted by Crippen LogP contribution is -2.02. The van der Waals surface area contributed by atoms with Crippen LogP contribution in [0.1, 0.15) is 12.7 Å². The van der Waals surface area contributed by atoms with Crippen LogP contribution in [0.4, 0.5) is 5.69 Å². The fraction of sp³-hybridized carbons (Fsp3) is 0.0870. The van der Waals surface area contributed by atoms with E-state index >= 15 is 0 Å². The highest BCUT2D eigenvalue weighted by Gasteiger charge is 2.20. The topological polar surface area (TPSA) is 124 Å². The number of thioether (sulfide) groups is 1. The van der Waals surface area contributed by atoms with Gasteiger partial charge < -0.3 is 14.1 Å². The summed E-state index contributed by atoms with van der Waals surface area (Å²) in [6, 6.07) is 14.6. The number of benzene rings is 2. The van der Waals surface area contributed by atoms with E-state index < -0.39 is 10.9 Å². The van der Waals surface area contributed by atoms with Crippen LogP contribution in [0.3, 0.4) is 0 Å². The van der Waals surface area contributed by atoms with E-state index in [4.69, 9.17) is 27.6 Å². The zero-order valence-electron chi connectivity index (χ0n) is 18.0. The van der Waals surface area contributed by atoms with Crippen LogP contribution in [0.25, 0.3) is 28.8 Å². The van der Waals surface area contributed by atoms with Crippen molar-refractivity contribution >= 4 is 52.7 Å². The minimum atomic E-state index is -1.17. The summed E-state index contributed by atoms with van der Waals surface area (Å²) in [5.41, 5.74) is 0.975. The zero-order chi connectivity index (χ0) is 25.1. The van der Waals surface area contributed by atoms with Crippen LogP contribution in [-0.2, 0) is 11.3 Å². The quantitative estimate of drug-likeness (QED) is 0.116. The predicted molar refractivity (Wildman–Crippen MR) is 133 cm³/mol. The van der Waals surface area contributed by atoms with E-state index in [9.17, 15) is 20.0 Å². The second kappa shape index (κ2) is 10.3. The van der Waals surface area contributed by atoms with Gasteiger partial charge >= 0.3 is 5.97 Å². The lowest BCUT2D eigenvalue weighted by molar-refractivity contribution is -0.384. The van der Waals surface area contributed by atoms with Crippen LogP contribution >= 0.6 is 35.0 Å². The number of aliphatic carboxylic acids is 1. The molecule has 0 radical (unpaired) electrons. The highest BCUT2D eigenvalue weighted by atomic mass is 35.5. The molecule has 12 heteroatoms. The second-order valence-corrected chi connectivity index (χ2v) is 8.95. The second-order valence-electron chi connectivity index (χ2n) is 7.10. The van der Waals surface area contributed by atoms with Gasteiger partial charge in [-0.2, -0.15) is 0 Å². The van der Waals surface area contributed by atoms with Crippen molar-refractivity contribution in [3.8, 4) is 22.7 Å². The van der Waals surface area contributed by atoms with Crippen molar-refractivity contribution in [1.82, 2.24) is 14.8 Å². The molecular formula is C23H16Cl2N4O5S. The molecule has 4 aromatic rings. The van der Waals surface area contributed by atoms with E-state index in [1.54, 1.807) is 34.9 Å². The summed E-state index contributed by atoms with van der Waals surface area (Å²) in [7, 11) is 0. The molecule has 0 aliphatic heterocycles. The number of rotatable bonds is 8. The van der Waals surface area contributed by atoms with E-state index in [-0.39, 0.29) is 21.4 Å². The van der Waals surface area contributed by atoms with Gasteiger partial charge in [-0.05, 0) is 67.2 Å². The summed E-state index contributed by atoms with van der Waals surface area (Å²) in [4.78, 5) is 22.5. The minimum absolute atomic E-state index is 0.00740. The number of halogens is 2. The molecule has 9 nitrogen and oxygen atoms in total. The molecule has 0 fully saturated rings. The first-order valence-electron chi connectivity index (χ1n) is 10.1. The fourth-order valence-electron chi connectivity index (χ4n) is 3.22. The average molecular weight is 531 g/mol. The first-order chi connectivity index (χ1) is 16.8. The summed E-state index contributed by atoms with van der Waals surface area (Å²) in [6.07, 6.45) is 1.36. The van der Waals surface area contributed by atoms with Crippen LogP contribution in [0.2, 0.25) is 10.0 Å². The third-order valence-electron chi connectivity index (χ3n) is 4.88. The van der Waals surface area contributed by atoms with Crippen molar-refractivity contribution in [1.29, 1.82) is 0 Å².